The minimum Gasteiger partial charge on any atom is -0.488 e. The molecule has 0 aliphatic heterocycles. The van der Waals surface area contributed by atoms with E-state index in [1.165, 1.54) is 18.3 Å². The number of anilines is 1. The summed E-state index contributed by atoms with van der Waals surface area (Å²) >= 11 is 3.45. The van der Waals surface area contributed by atoms with Crippen LogP contribution in [0, 0.1) is 10.1 Å². The highest BCUT2D eigenvalue weighted by Gasteiger charge is 2.13. The van der Waals surface area contributed by atoms with Crippen molar-refractivity contribution in [1.82, 2.24) is 4.98 Å². The maximum absolute atomic E-state index is 11.1. The Morgan fingerprint density at radius 1 is 1.10 bits per heavy atom. The summed E-state index contributed by atoms with van der Waals surface area (Å²) in [4.78, 5) is 14.6. The van der Waals surface area contributed by atoms with E-state index in [-0.39, 0.29) is 11.5 Å². The largest absolute Gasteiger partial charge is 0.488 e. The maximum Gasteiger partial charge on any atom is 0.313 e. The van der Waals surface area contributed by atoms with Crippen molar-refractivity contribution in [2.45, 2.75) is 6.61 Å². The number of benzene rings is 3. The monoisotopic (exact) mass is 476 g/mol. The fourth-order valence-electron chi connectivity index (χ4n) is 3.12. The van der Waals surface area contributed by atoms with Gasteiger partial charge in [0, 0.05) is 22.3 Å². The van der Waals surface area contributed by atoms with Gasteiger partial charge in [-0.1, -0.05) is 58.4 Å². The number of nitrogens with zero attached hydrogens (tertiary/aromatic N) is 3. The van der Waals surface area contributed by atoms with E-state index in [0.29, 0.717) is 17.9 Å². The Morgan fingerprint density at radius 2 is 1.94 bits per heavy atom. The van der Waals surface area contributed by atoms with Gasteiger partial charge in [-0.25, -0.2) is 4.98 Å². The average Bonchev–Trinajstić information content (AvgIpc) is 2.79. The quantitative estimate of drug-likeness (QED) is 0.202. The zero-order valence-electron chi connectivity index (χ0n) is 16.2. The third-order valence-corrected chi connectivity index (χ3v) is 5.09. The van der Waals surface area contributed by atoms with Crippen LogP contribution in [0.15, 0.2) is 88.6 Å². The van der Waals surface area contributed by atoms with E-state index >= 15 is 0 Å². The molecule has 0 aliphatic carbocycles. The van der Waals surface area contributed by atoms with Gasteiger partial charge >= 0.3 is 5.69 Å². The first-order valence-electron chi connectivity index (χ1n) is 9.39. The minimum absolute atomic E-state index is 0.0666. The molecule has 1 heterocycles. The van der Waals surface area contributed by atoms with Crippen LogP contribution >= 0.6 is 15.9 Å². The first-order valence-corrected chi connectivity index (χ1v) is 10.2. The molecule has 0 radical (unpaired) electrons. The smallest absolute Gasteiger partial charge is 0.313 e. The summed E-state index contributed by atoms with van der Waals surface area (Å²) in [6.07, 6.45) is 3.00. The van der Waals surface area contributed by atoms with Crippen molar-refractivity contribution < 1.29 is 9.66 Å². The molecule has 0 bridgehead atoms. The summed E-state index contributed by atoms with van der Waals surface area (Å²) in [6, 6.07) is 22.7. The van der Waals surface area contributed by atoms with Gasteiger partial charge in [0.2, 0.25) is 5.82 Å². The Labute approximate surface area is 186 Å². The molecule has 1 aromatic heterocycles. The van der Waals surface area contributed by atoms with E-state index in [0.717, 1.165) is 20.8 Å². The Kier molecular flexibility index (Phi) is 6.18. The topological polar surface area (TPSA) is 89.7 Å². The summed E-state index contributed by atoms with van der Waals surface area (Å²) in [5.41, 5.74) is 4.27. The Bertz CT molecular complexity index is 1270. The molecule has 0 amide bonds. The van der Waals surface area contributed by atoms with Gasteiger partial charge in [-0.2, -0.15) is 5.10 Å². The Morgan fingerprint density at radius 3 is 2.81 bits per heavy atom. The maximum atomic E-state index is 11.1. The second kappa shape index (κ2) is 9.36. The number of ether oxygens (including phenoxy) is 1. The summed E-state index contributed by atoms with van der Waals surface area (Å²) in [5, 5.41) is 17.5. The number of pyridine rings is 1. The normalized spacial score (nSPS) is 11.0. The minimum atomic E-state index is -0.511. The molecule has 31 heavy (non-hydrogen) atoms. The molecule has 0 unspecified atom stereocenters. The molecule has 0 fully saturated rings. The second-order valence-corrected chi connectivity index (χ2v) is 7.52. The number of nitrogens with one attached hydrogen (secondary N) is 1. The average molecular weight is 477 g/mol. The molecule has 0 saturated carbocycles. The second-order valence-electron chi connectivity index (χ2n) is 6.61. The lowest BCUT2D eigenvalue weighted by molar-refractivity contribution is -0.384. The zero-order valence-corrected chi connectivity index (χ0v) is 17.8. The van der Waals surface area contributed by atoms with Gasteiger partial charge in [0.15, 0.2) is 0 Å². The lowest BCUT2D eigenvalue weighted by Gasteiger charge is -2.11. The van der Waals surface area contributed by atoms with Crippen LogP contribution in [0.5, 0.6) is 5.75 Å². The van der Waals surface area contributed by atoms with E-state index in [4.69, 9.17) is 4.74 Å². The molecule has 4 rings (SSSR count). The van der Waals surface area contributed by atoms with Gasteiger partial charge in [0.1, 0.15) is 12.4 Å². The molecule has 8 heteroatoms. The summed E-state index contributed by atoms with van der Waals surface area (Å²) in [6.45, 7) is 0.392. The van der Waals surface area contributed by atoms with Crippen molar-refractivity contribution in [1.29, 1.82) is 0 Å². The van der Waals surface area contributed by atoms with E-state index in [1.807, 2.05) is 42.5 Å². The molecule has 7 nitrogen and oxygen atoms in total. The number of nitro groups is 1. The number of fused-ring (bicyclic) bond motifs is 1. The van der Waals surface area contributed by atoms with E-state index in [9.17, 15) is 10.1 Å². The molecule has 0 spiro atoms. The summed E-state index contributed by atoms with van der Waals surface area (Å²) in [5.74, 6) is 0.703. The molecule has 154 valence electrons. The third kappa shape index (κ3) is 4.87. The number of hydrazone groups is 1. The lowest BCUT2D eigenvalue weighted by atomic mass is 10.1. The molecular formula is C23H17BrN4O3. The van der Waals surface area contributed by atoms with Crippen molar-refractivity contribution in [3.63, 3.8) is 0 Å². The molecule has 1 N–H and O–H groups in total. The highest BCUT2D eigenvalue weighted by molar-refractivity contribution is 9.10. The van der Waals surface area contributed by atoms with Crippen LogP contribution < -0.4 is 10.2 Å². The Hall–Kier alpha value is -3.78. The fraction of sp³-hybridized carbons (Fsp3) is 0.0435. The number of aromatic nitrogens is 1. The molecule has 3 aromatic carbocycles. The number of halogens is 1. The fourth-order valence-corrected chi connectivity index (χ4v) is 3.50. The highest BCUT2D eigenvalue weighted by atomic mass is 79.9. The lowest BCUT2D eigenvalue weighted by Crippen LogP contribution is -2.01. The van der Waals surface area contributed by atoms with Gasteiger partial charge in [-0.05, 0) is 40.6 Å². The third-order valence-electron chi connectivity index (χ3n) is 4.59. The molecule has 0 saturated heterocycles. The highest BCUT2D eigenvalue weighted by Crippen LogP contribution is 2.25. The van der Waals surface area contributed by atoms with Crippen molar-refractivity contribution in [3.8, 4) is 5.75 Å². The predicted molar refractivity (Wildman–Crippen MR) is 125 cm³/mol. The van der Waals surface area contributed by atoms with Crippen LogP contribution in [0.2, 0.25) is 0 Å². The van der Waals surface area contributed by atoms with E-state index < -0.39 is 4.92 Å². The summed E-state index contributed by atoms with van der Waals surface area (Å²) < 4.78 is 6.94. The van der Waals surface area contributed by atoms with Crippen LogP contribution in [0.25, 0.3) is 10.8 Å². The van der Waals surface area contributed by atoms with Crippen LogP contribution in [0.4, 0.5) is 11.5 Å². The van der Waals surface area contributed by atoms with Crippen molar-refractivity contribution in [2.24, 2.45) is 5.10 Å². The van der Waals surface area contributed by atoms with Crippen LogP contribution in [-0.2, 0) is 6.61 Å². The summed E-state index contributed by atoms with van der Waals surface area (Å²) in [7, 11) is 0. The van der Waals surface area contributed by atoms with Crippen LogP contribution in [0.1, 0.15) is 11.1 Å². The van der Waals surface area contributed by atoms with Crippen molar-refractivity contribution in [2.75, 3.05) is 5.43 Å². The zero-order chi connectivity index (χ0) is 21.6. The molecule has 4 aromatic rings. The molecule has 0 aliphatic rings. The van der Waals surface area contributed by atoms with Crippen molar-refractivity contribution >= 4 is 44.4 Å². The predicted octanol–water partition coefficient (Wildman–Crippen LogP) is 5.93. The van der Waals surface area contributed by atoms with Crippen LogP contribution in [0.3, 0.4) is 0 Å². The first-order chi connectivity index (χ1) is 15.1. The number of hydrogen-bond acceptors (Lipinski definition) is 6. The first kappa shape index (κ1) is 20.5. The van der Waals surface area contributed by atoms with Gasteiger partial charge in [-0.15, -0.1) is 0 Å². The van der Waals surface area contributed by atoms with E-state index in [2.05, 4.69) is 49.6 Å². The standard InChI is InChI=1S/C23H17BrN4O3/c24-19-10-11-22(31-15-17-7-3-6-16-5-1-2-8-20(16)17)18(13-19)14-26-27-23-21(28(29)30)9-4-12-25-23/h1-14H,15H2,(H,25,27)/b26-14-. The number of rotatable bonds is 7. The molecule has 0 atom stereocenters. The SMILES string of the molecule is O=[N+]([O-])c1cccnc1N/N=C\c1cc(Br)ccc1OCc1cccc2ccccc12. The van der Waals surface area contributed by atoms with Gasteiger partial charge in [0.25, 0.3) is 0 Å². The van der Waals surface area contributed by atoms with Crippen molar-refractivity contribution in [3.05, 3.63) is 105 Å². The van der Waals surface area contributed by atoms with E-state index in [1.54, 1.807) is 6.21 Å². The Balaban J connectivity index is 1.54. The van der Waals surface area contributed by atoms with Gasteiger partial charge < -0.3 is 4.74 Å². The molecular weight excluding hydrogens is 460 g/mol. The van der Waals surface area contributed by atoms with Gasteiger partial charge in [-0.3, -0.25) is 15.5 Å². The van der Waals surface area contributed by atoms with Crippen LogP contribution in [-0.4, -0.2) is 16.1 Å². The number of hydrogen-bond donors (Lipinski definition) is 1. The van der Waals surface area contributed by atoms with Gasteiger partial charge in [0.05, 0.1) is 11.1 Å².